The number of fused-ring (bicyclic) bond motifs is 1. The summed E-state index contributed by atoms with van der Waals surface area (Å²) in [6.45, 7) is 4.76. The van der Waals surface area contributed by atoms with Gasteiger partial charge in [0.05, 0.1) is 30.8 Å². The van der Waals surface area contributed by atoms with Crippen molar-refractivity contribution in [3.8, 4) is 5.88 Å². The maximum atomic E-state index is 12.1. The van der Waals surface area contributed by atoms with Crippen LogP contribution in [0.2, 0.25) is 0 Å². The van der Waals surface area contributed by atoms with Crippen LogP contribution in [0.25, 0.3) is 10.9 Å². The molecular formula is C18H22N2O6. The summed E-state index contributed by atoms with van der Waals surface area (Å²) in [5.41, 5.74) is 0.144. The summed E-state index contributed by atoms with van der Waals surface area (Å²) >= 11 is 0. The first kappa shape index (κ1) is 19.5. The lowest BCUT2D eigenvalue weighted by molar-refractivity contribution is 0.0481. The van der Waals surface area contributed by atoms with Gasteiger partial charge >= 0.3 is 12.1 Å². The van der Waals surface area contributed by atoms with Crippen LogP contribution >= 0.6 is 0 Å². The maximum Gasteiger partial charge on any atom is 0.408 e. The highest BCUT2D eigenvalue weighted by Crippen LogP contribution is 2.28. The van der Waals surface area contributed by atoms with Crippen molar-refractivity contribution in [3.63, 3.8) is 0 Å². The van der Waals surface area contributed by atoms with Crippen molar-refractivity contribution in [2.75, 3.05) is 13.7 Å². The molecule has 26 heavy (non-hydrogen) atoms. The summed E-state index contributed by atoms with van der Waals surface area (Å²) < 4.78 is 10.3. The van der Waals surface area contributed by atoms with Crippen molar-refractivity contribution >= 4 is 23.0 Å². The second-order valence-electron chi connectivity index (χ2n) is 6.64. The number of nitrogens with zero attached hydrogens (tertiary/aromatic N) is 1. The van der Waals surface area contributed by atoms with E-state index in [2.05, 4.69) is 10.3 Å². The molecule has 0 fully saturated rings. The van der Waals surface area contributed by atoms with Crippen LogP contribution in [0.1, 0.15) is 42.7 Å². The summed E-state index contributed by atoms with van der Waals surface area (Å²) in [5.74, 6) is -0.815. The van der Waals surface area contributed by atoms with Crippen LogP contribution in [0.15, 0.2) is 24.3 Å². The lowest BCUT2D eigenvalue weighted by Crippen LogP contribution is -2.36. The molecule has 0 aliphatic carbocycles. The fourth-order valence-corrected chi connectivity index (χ4v) is 2.47. The molecule has 0 saturated heterocycles. The number of ether oxygens (including phenoxy) is 2. The Labute approximate surface area is 150 Å². The molecule has 1 amide bonds. The molecule has 2 aromatic rings. The number of rotatable bonds is 5. The number of aromatic nitrogens is 1. The van der Waals surface area contributed by atoms with E-state index in [1.807, 2.05) is 0 Å². The van der Waals surface area contributed by atoms with Crippen molar-refractivity contribution in [3.05, 3.63) is 35.4 Å². The summed E-state index contributed by atoms with van der Waals surface area (Å²) in [5, 5.41) is 22.1. The van der Waals surface area contributed by atoms with Crippen LogP contribution in [-0.2, 0) is 4.74 Å². The smallest absolute Gasteiger partial charge is 0.408 e. The van der Waals surface area contributed by atoms with Gasteiger partial charge in [-0.1, -0.05) is 6.07 Å². The lowest BCUT2D eigenvalue weighted by atomic mass is 9.99. The van der Waals surface area contributed by atoms with Gasteiger partial charge < -0.3 is 25.0 Å². The first-order chi connectivity index (χ1) is 12.2. The summed E-state index contributed by atoms with van der Waals surface area (Å²) in [6, 6.07) is 5.23. The standard InChI is InChI=1S/C18H22N2O6/c1-18(2,3)26-17(24)19-13(9-21)12-6-5-11(16(22)23)10-7-8-14(25-4)20-15(10)12/h5-8,13,21H,9H2,1-4H3,(H,19,24)(H,22,23)/t13-/m0/s1. The van der Waals surface area contributed by atoms with Gasteiger partial charge in [0.15, 0.2) is 0 Å². The number of carbonyl (C=O) groups is 2. The van der Waals surface area contributed by atoms with E-state index in [1.165, 1.54) is 19.2 Å². The third kappa shape index (κ3) is 4.40. The minimum Gasteiger partial charge on any atom is -0.481 e. The van der Waals surface area contributed by atoms with Crippen molar-refractivity contribution in [1.29, 1.82) is 0 Å². The predicted molar refractivity (Wildman–Crippen MR) is 94.5 cm³/mol. The Bertz CT molecular complexity index is 828. The number of carboxylic acid groups (broad SMARTS) is 1. The summed E-state index contributed by atoms with van der Waals surface area (Å²) in [4.78, 5) is 27.8. The zero-order valence-corrected chi connectivity index (χ0v) is 15.1. The Balaban J connectivity index is 2.50. The molecule has 140 valence electrons. The monoisotopic (exact) mass is 362 g/mol. The van der Waals surface area contributed by atoms with E-state index in [0.717, 1.165) is 0 Å². The first-order valence-electron chi connectivity index (χ1n) is 7.97. The number of hydrogen-bond donors (Lipinski definition) is 3. The molecule has 0 aliphatic rings. The number of nitrogens with one attached hydrogen (secondary N) is 1. The molecule has 1 aromatic heterocycles. The summed E-state index contributed by atoms with van der Waals surface area (Å²) in [6.07, 6.45) is -0.699. The van der Waals surface area contributed by atoms with Gasteiger partial charge in [-0.3, -0.25) is 0 Å². The lowest BCUT2D eigenvalue weighted by Gasteiger charge is -2.23. The number of pyridine rings is 1. The van der Waals surface area contributed by atoms with Gasteiger partial charge in [-0.2, -0.15) is 0 Å². The van der Waals surface area contributed by atoms with E-state index >= 15 is 0 Å². The fraction of sp³-hybridized carbons (Fsp3) is 0.389. The second-order valence-corrected chi connectivity index (χ2v) is 6.64. The molecule has 0 aliphatic heterocycles. The molecule has 1 aromatic carbocycles. The van der Waals surface area contributed by atoms with Crippen LogP contribution in [0.4, 0.5) is 4.79 Å². The normalized spacial score (nSPS) is 12.5. The number of amides is 1. The molecule has 8 heteroatoms. The quantitative estimate of drug-likeness (QED) is 0.748. The third-order valence-electron chi connectivity index (χ3n) is 3.55. The average Bonchev–Trinajstić information content (AvgIpc) is 2.56. The highest BCUT2D eigenvalue weighted by Gasteiger charge is 2.23. The average molecular weight is 362 g/mol. The van der Waals surface area contributed by atoms with Crippen LogP contribution in [0, 0.1) is 0 Å². The molecule has 0 unspecified atom stereocenters. The number of benzene rings is 1. The van der Waals surface area contributed by atoms with E-state index in [4.69, 9.17) is 9.47 Å². The Morgan fingerprint density at radius 3 is 2.46 bits per heavy atom. The number of aliphatic hydroxyl groups is 1. The number of carbonyl (C=O) groups excluding carboxylic acids is 1. The first-order valence-corrected chi connectivity index (χ1v) is 7.97. The molecule has 2 rings (SSSR count). The van der Waals surface area contributed by atoms with Gasteiger partial charge in [-0.25, -0.2) is 14.6 Å². The van der Waals surface area contributed by atoms with Gasteiger partial charge in [-0.05, 0) is 32.9 Å². The zero-order valence-electron chi connectivity index (χ0n) is 15.1. The Morgan fingerprint density at radius 1 is 1.23 bits per heavy atom. The van der Waals surface area contributed by atoms with Gasteiger partial charge in [0, 0.05) is 17.0 Å². The zero-order chi connectivity index (χ0) is 19.5. The molecule has 0 bridgehead atoms. The minimum absolute atomic E-state index is 0.0628. The predicted octanol–water partition coefficient (Wildman–Crippen LogP) is 2.50. The Hall–Kier alpha value is -2.87. The number of hydrogen-bond acceptors (Lipinski definition) is 6. The van der Waals surface area contributed by atoms with Crippen molar-refractivity contribution < 1.29 is 29.3 Å². The molecule has 0 radical (unpaired) electrons. The van der Waals surface area contributed by atoms with Gasteiger partial charge in [0.2, 0.25) is 5.88 Å². The highest BCUT2D eigenvalue weighted by molar-refractivity contribution is 6.03. The molecule has 0 saturated carbocycles. The van der Waals surface area contributed by atoms with Crippen LogP contribution < -0.4 is 10.1 Å². The second kappa shape index (κ2) is 7.57. The maximum absolute atomic E-state index is 12.1. The van der Waals surface area contributed by atoms with Gasteiger partial charge in [-0.15, -0.1) is 0 Å². The number of alkyl carbamates (subject to hydrolysis) is 1. The van der Waals surface area contributed by atoms with Crippen molar-refractivity contribution in [1.82, 2.24) is 10.3 Å². The molecular weight excluding hydrogens is 340 g/mol. The molecule has 1 atom stereocenters. The van der Waals surface area contributed by atoms with E-state index in [-0.39, 0.29) is 11.4 Å². The molecule has 0 spiro atoms. The van der Waals surface area contributed by atoms with E-state index in [1.54, 1.807) is 32.9 Å². The van der Waals surface area contributed by atoms with E-state index < -0.39 is 30.3 Å². The summed E-state index contributed by atoms with van der Waals surface area (Å²) in [7, 11) is 1.44. The van der Waals surface area contributed by atoms with Crippen LogP contribution in [0.5, 0.6) is 5.88 Å². The highest BCUT2D eigenvalue weighted by atomic mass is 16.6. The van der Waals surface area contributed by atoms with Gasteiger partial charge in [0.1, 0.15) is 5.60 Å². The number of carboxylic acids is 1. The third-order valence-corrected chi connectivity index (χ3v) is 3.55. The Kier molecular flexibility index (Phi) is 5.66. The number of aliphatic hydroxyl groups excluding tert-OH is 1. The molecule has 1 heterocycles. The van der Waals surface area contributed by atoms with E-state index in [0.29, 0.717) is 16.5 Å². The van der Waals surface area contributed by atoms with Crippen LogP contribution in [0.3, 0.4) is 0 Å². The number of aromatic carboxylic acids is 1. The molecule has 8 nitrogen and oxygen atoms in total. The topological polar surface area (TPSA) is 118 Å². The van der Waals surface area contributed by atoms with Crippen molar-refractivity contribution in [2.24, 2.45) is 0 Å². The minimum atomic E-state index is -1.10. The van der Waals surface area contributed by atoms with E-state index in [9.17, 15) is 19.8 Å². The number of methoxy groups -OCH3 is 1. The Morgan fingerprint density at radius 2 is 1.92 bits per heavy atom. The SMILES string of the molecule is COc1ccc2c(C(=O)O)ccc([C@H](CO)NC(=O)OC(C)(C)C)c2n1. The van der Waals surface area contributed by atoms with Crippen molar-refractivity contribution in [2.45, 2.75) is 32.4 Å². The largest absolute Gasteiger partial charge is 0.481 e. The fourth-order valence-electron chi connectivity index (χ4n) is 2.47. The van der Waals surface area contributed by atoms with Gasteiger partial charge in [0.25, 0.3) is 0 Å². The van der Waals surface area contributed by atoms with Crippen LogP contribution in [-0.4, -0.2) is 46.6 Å². The molecule has 3 N–H and O–H groups in total.